The van der Waals surface area contributed by atoms with Gasteiger partial charge in [0.2, 0.25) is 0 Å². The Morgan fingerprint density at radius 1 is 1.35 bits per heavy atom. The van der Waals surface area contributed by atoms with Crippen molar-refractivity contribution in [3.05, 3.63) is 35.6 Å². The maximum atomic E-state index is 13.7. The second-order valence-corrected chi connectivity index (χ2v) is 4.54. The van der Waals surface area contributed by atoms with Gasteiger partial charge in [-0.1, -0.05) is 44.9 Å². The Bertz CT molecular complexity index is 392. The predicted molar refractivity (Wildman–Crippen MR) is 70.0 cm³/mol. The van der Waals surface area contributed by atoms with Gasteiger partial charge in [0, 0.05) is 11.6 Å². The van der Waals surface area contributed by atoms with Crippen LogP contribution in [0.4, 0.5) is 4.39 Å². The van der Waals surface area contributed by atoms with Crippen molar-refractivity contribution in [2.45, 2.75) is 39.3 Å². The van der Waals surface area contributed by atoms with Gasteiger partial charge in [0.15, 0.2) is 0 Å². The lowest BCUT2D eigenvalue weighted by molar-refractivity contribution is 0.399. The third-order valence-corrected chi connectivity index (χ3v) is 2.92. The maximum Gasteiger partial charge on any atom is 0.127 e. The average Bonchev–Trinajstić information content (AvgIpc) is 2.31. The van der Waals surface area contributed by atoms with Crippen molar-refractivity contribution in [2.24, 2.45) is 5.92 Å². The van der Waals surface area contributed by atoms with Gasteiger partial charge >= 0.3 is 0 Å². The Balaban J connectivity index is 2.86. The third-order valence-electron chi connectivity index (χ3n) is 2.92. The first kappa shape index (κ1) is 13.7. The van der Waals surface area contributed by atoms with E-state index in [0.717, 1.165) is 6.42 Å². The molecular formula is C15H20FN. The first-order valence-corrected chi connectivity index (χ1v) is 6.06. The molecule has 1 N–H and O–H groups in total. The van der Waals surface area contributed by atoms with E-state index >= 15 is 0 Å². The standard InChI is InChI=1S/C15H20FN/c1-5-14(11(3)4)17-15(6-2)12-9-7-8-10-13(12)16/h1,7-11,14-15,17H,6H2,2-4H3. The zero-order valence-corrected chi connectivity index (χ0v) is 10.7. The highest BCUT2D eigenvalue weighted by molar-refractivity contribution is 5.22. The van der Waals surface area contributed by atoms with Crippen LogP contribution < -0.4 is 5.32 Å². The van der Waals surface area contributed by atoms with Gasteiger partial charge in [-0.2, -0.15) is 0 Å². The molecule has 0 saturated carbocycles. The number of benzene rings is 1. The summed E-state index contributed by atoms with van der Waals surface area (Å²) in [5, 5.41) is 3.33. The second-order valence-electron chi connectivity index (χ2n) is 4.54. The number of nitrogens with one attached hydrogen (secondary N) is 1. The summed E-state index contributed by atoms with van der Waals surface area (Å²) in [5.41, 5.74) is 0.691. The Morgan fingerprint density at radius 2 is 2.00 bits per heavy atom. The first-order valence-electron chi connectivity index (χ1n) is 6.06. The van der Waals surface area contributed by atoms with E-state index in [1.165, 1.54) is 6.07 Å². The predicted octanol–water partition coefficient (Wildman–Crippen LogP) is 3.52. The molecule has 1 aromatic carbocycles. The van der Waals surface area contributed by atoms with E-state index in [1.807, 2.05) is 19.1 Å². The van der Waals surface area contributed by atoms with Gasteiger partial charge in [-0.15, -0.1) is 6.42 Å². The van der Waals surface area contributed by atoms with Crippen LogP contribution in [-0.2, 0) is 0 Å². The minimum absolute atomic E-state index is 0.0281. The lowest BCUT2D eigenvalue weighted by Crippen LogP contribution is -2.35. The molecule has 2 heteroatoms. The minimum atomic E-state index is -0.175. The van der Waals surface area contributed by atoms with Crippen LogP contribution in [0.2, 0.25) is 0 Å². The number of hydrogen-bond donors (Lipinski definition) is 1. The number of halogens is 1. The first-order chi connectivity index (χ1) is 8.10. The molecule has 2 atom stereocenters. The van der Waals surface area contributed by atoms with Gasteiger partial charge < -0.3 is 0 Å². The Hall–Kier alpha value is -1.33. The topological polar surface area (TPSA) is 12.0 Å². The Kier molecular flexibility index (Phi) is 5.18. The zero-order chi connectivity index (χ0) is 12.8. The molecule has 17 heavy (non-hydrogen) atoms. The SMILES string of the molecule is C#CC(NC(CC)c1ccccc1F)C(C)C. The fraction of sp³-hybridized carbons (Fsp3) is 0.467. The molecule has 1 nitrogen and oxygen atoms in total. The van der Waals surface area contributed by atoms with Gasteiger partial charge in [0.05, 0.1) is 6.04 Å². The van der Waals surface area contributed by atoms with Crippen LogP contribution in [0.1, 0.15) is 38.8 Å². The molecule has 1 rings (SSSR count). The molecule has 1 aromatic rings. The normalized spacial score (nSPS) is 14.4. The largest absolute Gasteiger partial charge is 0.296 e. The Morgan fingerprint density at radius 3 is 2.47 bits per heavy atom. The summed E-state index contributed by atoms with van der Waals surface area (Å²) in [5.74, 6) is 2.88. The van der Waals surface area contributed by atoms with Gasteiger partial charge in [0.25, 0.3) is 0 Å². The molecular weight excluding hydrogens is 213 g/mol. The zero-order valence-electron chi connectivity index (χ0n) is 10.7. The molecule has 0 fully saturated rings. The molecule has 0 aliphatic heterocycles. The van der Waals surface area contributed by atoms with E-state index in [9.17, 15) is 4.39 Å². The van der Waals surface area contributed by atoms with E-state index in [2.05, 4.69) is 25.1 Å². The number of hydrogen-bond acceptors (Lipinski definition) is 1. The fourth-order valence-electron chi connectivity index (χ4n) is 1.83. The van der Waals surface area contributed by atoms with Crippen molar-refractivity contribution in [1.82, 2.24) is 5.32 Å². The van der Waals surface area contributed by atoms with Crippen LogP contribution in [0.15, 0.2) is 24.3 Å². The van der Waals surface area contributed by atoms with Gasteiger partial charge in [-0.25, -0.2) is 4.39 Å². The smallest absolute Gasteiger partial charge is 0.127 e. The molecule has 0 aliphatic carbocycles. The number of rotatable bonds is 5. The molecule has 0 amide bonds. The van der Waals surface area contributed by atoms with E-state index in [4.69, 9.17) is 6.42 Å². The van der Waals surface area contributed by atoms with Crippen molar-refractivity contribution in [3.8, 4) is 12.3 Å². The maximum absolute atomic E-state index is 13.7. The fourth-order valence-corrected chi connectivity index (χ4v) is 1.83. The van der Waals surface area contributed by atoms with Crippen LogP contribution >= 0.6 is 0 Å². The van der Waals surface area contributed by atoms with Crippen molar-refractivity contribution >= 4 is 0 Å². The monoisotopic (exact) mass is 233 g/mol. The highest BCUT2D eigenvalue weighted by atomic mass is 19.1. The van der Waals surface area contributed by atoms with Crippen LogP contribution in [0, 0.1) is 24.1 Å². The van der Waals surface area contributed by atoms with E-state index in [-0.39, 0.29) is 17.9 Å². The van der Waals surface area contributed by atoms with Crippen molar-refractivity contribution in [2.75, 3.05) is 0 Å². The van der Waals surface area contributed by atoms with Crippen LogP contribution in [0.5, 0.6) is 0 Å². The molecule has 0 heterocycles. The van der Waals surface area contributed by atoms with Gasteiger partial charge in [-0.3, -0.25) is 5.32 Å². The molecule has 0 radical (unpaired) electrons. The minimum Gasteiger partial charge on any atom is -0.296 e. The van der Waals surface area contributed by atoms with Crippen LogP contribution in [-0.4, -0.2) is 6.04 Å². The van der Waals surface area contributed by atoms with Crippen molar-refractivity contribution < 1.29 is 4.39 Å². The van der Waals surface area contributed by atoms with E-state index in [1.54, 1.807) is 6.07 Å². The molecule has 2 unspecified atom stereocenters. The summed E-state index contributed by atoms with van der Waals surface area (Å²) in [4.78, 5) is 0. The van der Waals surface area contributed by atoms with Gasteiger partial charge in [-0.05, 0) is 18.4 Å². The highest BCUT2D eigenvalue weighted by Crippen LogP contribution is 2.21. The molecule has 0 bridgehead atoms. The molecule has 0 aromatic heterocycles. The molecule has 0 saturated heterocycles. The summed E-state index contributed by atoms with van der Waals surface area (Å²) in [6.45, 7) is 6.15. The third kappa shape index (κ3) is 3.57. The molecule has 0 aliphatic rings. The van der Waals surface area contributed by atoms with Crippen molar-refractivity contribution in [3.63, 3.8) is 0 Å². The number of terminal acetylenes is 1. The summed E-state index contributed by atoms with van der Waals surface area (Å²) in [6, 6.07) is 6.79. The molecule has 92 valence electrons. The van der Waals surface area contributed by atoms with Gasteiger partial charge in [0.1, 0.15) is 5.82 Å². The highest BCUT2D eigenvalue weighted by Gasteiger charge is 2.18. The second kappa shape index (κ2) is 6.42. The lowest BCUT2D eigenvalue weighted by Gasteiger charge is -2.24. The molecule has 0 spiro atoms. The van der Waals surface area contributed by atoms with Crippen LogP contribution in [0.25, 0.3) is 0 Å². The lowest BCUT2D eigenvalue weighted by atomic mass is 9.99. The quantitative estimate of drug-likeness (QED) is 0.767. The van der Waals surface area contributed by atoms with E-state index < -0.39 is 0 Å². The summed E-state index contributed by atoms with van der Waals surface area (Å²) >= 11 is 0. The summed E-state index contributed by atoms with van der Waals surface area (Å²) in [6.07, 6.45) is 6.30. The summed E-state index contributed by atoms with van der Waals surface area (Å²) in [7, 11) is 0. The van der Waals surface area contributed by atoms with E-state index in [0.29, 0.717) is 11.5 Å². The van der Waals surface area contributed by atoms with Crippen LogP contribution in [0.3, 0.4) is 0 Å². The van der Waals surface area contributed by atoms with Crippen molar-refractivity contribution in [1.29, 1.82) is 0 Å². The summed E-state index contributed by atoms with van der Waals surface area (Å²) < 4.78 is 13.7. The average molecular weight is 233 g/mol. The Labute approximate surface area is 103 Å².